The summed E-state index contributed by atoms with van der Waals surface area (Å²) < 4.78 is 7.14. The van der Waals surface area contributed by atoms with Crippen molar-refractivity contribution in [3.8, 4) is 5.69 Å². The van der Waals surface area contributed by atoms with Crippen molar-refractivity contribution in [2.24, 2.45) is 0 Å². The van der Waals surface area contributed by atoms with Gasteiger partial charge < -0.3 is 4.42 Å². The quantitative estimate of drug-likeness (QED) is 0.390. The number of carbonyl (C=O) groups excluding carboxylic acids is 1. The van der Waals surface area contributed by atoms with Crippen molar-refractivity contribution < 1.29 is 9.21 Å². The molecule has 0 atom stereocenters. The van der Waals surface area contributed by atoms with Gasteiger partial charge in [0.05, 0.1) is 11.4 Å². The molecule has 0 saturated carbocycles. The first-order valence-corrected chi connectivity index (χ1v) is 8.76. The summed E-state index contributed by atoms with van der Waals surface area (Å²) in [6, 6.07) is 16.4. The second kappa shape index (κ2) is 6.70. The fourth-order valence-corrected chi connectivity index (χ4v) is 3.30. The lowest BCUT2D eigenvalue weighted by molar-refractivity contribution is 0.0994. The third kappa shape index (κ3) is 3.29. The van der Waals surface area contributed by atoms with Crippen molar-refractivity contribution in [1.82, 2.24) is 20.2 Å². The summed E-state index contributed by atoms with van der Waals surface area (Å²) >= 11 is 7.25. The highest BCUT2D eigenvalue weighted by molar-refractivity contribution is 7.99. The summed E-state index contributed by atoms with van der Waals surface area (Å²) in [5, 5.41) is 13.6. The topological polar surface area (TPSA) is 73.8 Å². The normalized spacial score (nSPS) is 11.1. The van der Waals surface area contributed by atoms with Gasteiger partial charge in [-0.15, -0.1) is 5.10 Å². The Bertz CT molecular complexity index is 1030. The standard InChI is InChI=1S/C17H11ClN4O2S/c18-12-5-3-6-13(9-12)22-17(19-20-21-22)25-10-14(23)16-8-11-4-1-2-7-15(11)24-16/h1-9H,10H2. The van der Waals surface area contributed by atoms with Crippen LogP contribution in [0.25, 0.3) is 16.7 Å². The van der Waals surface area contributed by atoms with Gasteiger partial charge in [0.15, 0.2) is 5.76 Å². The molecule has 2 aromatic heterocycles. The van der Waals surface area contributed by atoms with Gasteiger partial charge in [-0.05, 0) is 40.8 Å². The molecule has 0 unspecified atom stereocenters. The van der Waals surface area contributed by atoms with E-state index in [1.165, 1.54) is 11.8 Å². The number of ketones is 1. The first-order valence-electron chi connectivity index (χ1n) is 7.39. The second-order valence-electron chi connectivity index (χ2n) is 5.21. The molecule has 124 valence electrons. The third-order valence-corrected chi connectivity index (χ3v) is 4.68. The van der Waals surface area contributed by atoms with Gasteiger partial charge >= 0.3 is 0 Å². The van der Waals surface area contributed by atoms with E-state index in [-0.39, 0.29) is 11.5 Å². The van der Waals surface area contributed by atoms with E-state index >= 15 is 0 Å². The van der Waals surface area contributed by atoms with Gasteiger partial charge in [-0.1, -0.05) is 47.6 Å². The zero-order valence-corrected chi connectivity index (χ0v) is 14.4. The van der Waals surface area contributed by atoms with Crippen LogP contribution in [-0.4, -0.2) is 31.7 Å². The number of thioether (sulfide) groups is 1. The van der Waals surface area contributed by atoms with Crippen LogP contribution in [0.4, 0.5) is 0 Å². The van der Waals surface area contributed by atoms with Crippen LogP contribution in [0.15, 0.2) is 64.2 Å². The van der Waals surface area contributed by atoms with E-state index in [1.54, 1.807) is 22.9 Å². The fourth-order valence-electron chi connectivity index (χ4n) is 2.36. The number of para-hydroxylation sites is 1. The Labute approximate surface area is 151 Å². The molecule has 0 aliphatic carbocycles. The monoisotopic (exact) mass is 370 g/mol. The SMILES string of the molecule is O=C(CSc1nnnn1-c1cccc(Cl)c1)c1cc2ccccc2o1. The first-order chi connectivity index (χ1) is 12.2. The van der Waals surface area contributed by atoms with Crippen LogP contribution >= 0.6 is 23.4 Å². The molecule has 0 radical (unpaired) electrons. The maximum atomic E-state index is 12.4. The smallest absolute Gasteiger partial charge is 0.214 e. The summed E-state index contributed by atoms with van der Waals surface area (Å²) in [6.07, 6.45) is 0. The first kappa shape index (κ1) is 15.9. The molecule has 6 nitrogen and oxygen atoms in total. The molecule has 4 aromatic rings. The highest BCUT2D eigenvalue weighted by Gasteiger charge is 2.16. The molecule has 25 heavy (non-hydrogen) atoms. The van der Waals surface area contributed by atoms with E-state index in [2.05, 4.69) is 15.5 Å². The molecule has 0 N–H and O–H groups in total. The number of tetrazole rings is 1. The second-order valence-corrected chi connectivity index (χ2v) is 6.59. The number of hydrogen-bond acceptors (Lipinski definition) is 6. The highest BCUT2D eigenvalue weighted by Crippen LogP contribution is 2.23. The van der Waals surface area contributed by atoms with E-state index < -0.39 is 0 Å². The number of rotatable bonds is 5. The van der Waals surface area contributed by atoms with E-state index in [0.717, 1.165) is 11.1 Å². The molecule has 0 spiro atoms. The van der Waals surface area contributed by atoms with Gasteiger partial charge in [-0.3, -0.25) is 4.79 Å². The van der Waals surface area contributed by atoms with Crippen LogP contribution in [0.2, 0.25) is 5.02 Å². The molecule has 0 aliphatic heterocycles. The van der Waals surface area contributed by atoms with E-state index in [9.17, 15) is 4.79 Å². The van der Waals surface area contributed by atoms with Gasteiger partial charge in [-0.25, -0.2) is 0 Å². The van der Waals surface area contributed by atoms with Crippen molar-refractivity contribution >= 4 is 40.1 Å². The van der Waals surface area contributed by atoms with Crippen molar-refractivity contribution in [3.63, 3.8) is 0 Å². The van der Waals surface area contributed by atoms with Crippen LogP contribution in [0, 0.1) is 0 Å². The maximum absolute atomic E-state index is 12.4. The lowest BCUT2D eigenvalue weighted by Gasteiger charge is -2.03. The van der Waals surface area contributed by atoms with E-state index in [4.69, 9.17) is 16.0 Å². The number of carbonyl (C=O) groups is 1. The fraction of sp³-hybridized carbons (Fsp3) is 0.0588. The third-order valence-electron chi connectivity index (χ3n) is 3.53. The molecule has 0 bridgehead atoms. The van der Waals surface area contributed by atoms with E-state index in [0.29, 0.717) is 21.5 Å². The minimum atomic E-state index is -0.123. The van der Waals surface area contributed by atoms with Crippen LogP contribution in [0.1, 0.15) is 10.6 Å². The summed E-state index contributed by atoms with van der Waals surface area (Å²) in [4.78, 5) is 12.4. The molecule has 0 amide bonds. The molecule has 0 saturated heterocycles. The lowest BCUT2D eigenvalue weighted by atomic mass is 10.2. The summed E-state index contributed by atoms with van der Waals surface area (Å²) in [5.74, 6) is 0.373. The highest BCUT2D eigenvalue weighted by atomic mass is 35.5. The Hall–Kier alpha value is -2.64. The van der Waals surface area contributed by atoms with Gasteiger partial charge in [0.1, 0.15) is 5.58 Å². The van der Waals surface area contributed by atoms with Crippen LogP contribution in [0.3, 0.4) is 0 Å². The molecule has 4 rings (SSSR count). The zero-order chi connectivity index (χ0) is 17.2. The number of hydrogen-bond donors (Lipinski definition) is 0. The number of aromatic nitrogens is 4. The van der Waals surface area contributed by atoms with Crippen molar-refractivity contribution in [2.45, 2.75) is 5.16 Å². The average molecular weight is 371 g/mol. The Kier molecular flexibility index (Phi) is 4.25. The van der Waals surface area contributed by atoms with Gasteiger partial charge in [0.25, 0.3) is 0 Å². The molecule has 0 aliphatic rings. The zero-order valence-electron chi connectivity index (χ0n) is 12.8. The molecule has 0 fully saturated rings. The van der Waals surface area contributed by atoms with E-state index in [1.807, 2.05) is 36.4 Å². The molecular weight excluding hydrogens is 360 g/mol. The Morgan fingerprint density at radius 2 is 2.04 bits per heavy atom. The van der Waals surface area contributed by atoms with Crippen LogP contribution in [0.5, 0.6) is 0 Å². The largest absolute Gasteiger partial charge is 0.453 e. The lowest BCUT2D eigenvalue weighted by Crippen LogP contribution is -2.04. The average Bonchev–Trinajstić information content (AvgIpc) is 3.26. The minimum Gasteiger partial charge on any atom is -0.453 e. The minimum absolute atomic E-state index is 0.123. The molecular formula is C17H11ClN4O2S. The Morgan fingerprint density at radius 1 is 1.16 bits per heavy atom. The number of nitrogens with zero attached hydrogens (tertiary/aromatic N) is 4. The van der Waals surface area contributed by atoms with Gasteiger partial charge in [0, 0.05) is 10.4 Å². The Balaban J connectivity index is 1.52. The molecule has 2 heterocycles. The number of fused-ring (bicyclic) bond motifs is 1. The predicted molar refractivity (Wildman–Crippen MR) is 95.4 cm³/mol. The summed E-state index contributed by atoms with van der Waals surface area (Å²) in [6.45, 7) is 0. The maximum Gasteiger partial charge on any atom is 0.214 e. The van der Waals surface area contributed by atoms with Gasteiger partial charge in [-0.2, -0.15) is 4.68 Å². The van der Waals surface area contributed by atoms with Crippen LogP contribution < -0.4 is 0 Å². The number of benzene rings is 2. The predicted octanol–water partition coefficient (Wildman–Crippen LogP) is 4.04. The Morgan fingerprint density at radius 3 is 2.88 bits per heavy atom. The number of furan rings is 1. The van der Waals surface area contributed by atoms with Crippen molar-refractivity contribution in [3.05, 3.63) is 65.4 Å². The van der Waals surface area contributed by atoms with Gasteiger partial charge in [0.2, 0.25) is 10.9 Å². The van der Waals surface area contributed by atoms with Crippen LogP contribution in [-0.2, 0) is 0 Å². The summed E-state index contributed by atoms with van der Waals surface area (Å²) in [7, 11) is 0. The van der Waals surface area contributed by atoms with Crippen molar-refractivity contribution in [1.29, 1.82) is 0 Å². The summed E-state index contributed by atoms with van der Waals surface area (Å²) in [5.41, 5.74) is 1.43. The molecule has 8 heteroatoms. The number of Topliss-reactive ketones (excluding diaryl/α,β-unsaturated/α-hetero) is 1. The van der Waals surface area contributed by atoms with Crippen molar-refractivity contribution in [2.75, 3.05) is 5.75 Å². The number of halogens is 1. The molecule has 2 aromatic carbocycles.